The van der Waals surface area contributed by atoms with Gasteiger partial charge in [0.15, 0.2) is 0 Å². The Hall–Kier alpha value is -4.27. The fraction of sp³-hybridized carbons (Fsp3) is 0.267. The van der Waals surface area contributed by atoms with Gasteiger partial charge in [0.1, 0.15) is 17.3 Å². The van der Waals surface area contributed by atoms with Crippen molar-refractivity contribution in [2.24, 2.45) is 0 Å². The molecule has 0 saturated carbocycles. The van der Waals surface area contributed by atoms with Crippen LogP contribution < -0.4 is 14.4 Å². The summed E-state index contributed by atoms with van der Waals surface area (Å²) in [5.74, 6) is -1.47. The number of aliphatic hydroxyl groups excluding tert-OH is 1. The number of benzene rings is 3. The molecule has 204 valence electrons. The fourth-order valence-corrected chi connectivity index (χ4v) is 4.65. The third-order valence-electron chi connectivity index (χ3n) is 6.51. The molecule has 3 aromatic carbocycles. The normalized spacial score (nSPS) is 17.1. The molecule has 1 N–H and O–H groups in total. The number of methoxy groups -OCH3 is 1. The van der Waals surface area contributed by atoms with Crippen molar-refractivity contribution in [1.82, 2.24) is 0 Å². The molecule has 1 amide bonds. The molecule has 1 aliphatic rings. The maximum absolute atomic E-state index is 13.5. The highest BCUT2D eigenvalue weighted by Gasteiger charge is 2.47. The van der Waals surface area contributed by atoms with E-state index in [1.165, 1.54) is 19.2 Å². The Morgan fingerprint density at radius 1 is 1.03 bits per heavy atom. The Labute approximate surface area is 224 Å². The molecule has 1 atom stereocenters. The number of hydrogen-bond donors (Lipinski definition) is 1. The average Bonchev–Trinajstić information content (AvgIpc) is 3.18. The summed E-state index contributed by atoms with van der Waals surface area (Å²) < 4.78 is 51.5. The molecule has 9 heteroatoms. The van der Waals surface area contributed by atoms with Gasteiger partial charge in [-0.05, 0) is 72.5 Å². The molecule has 4 rings (SSSR count). The Kier molecular flexibility index (Phi) is 7.72. The van der Waals surface area contributed by atoms with Crippen LogP contribution in [0.25, 0.3) is 5.76 Å². The molecular formula is C30H28F3NO5. The lowest BCUT2D eigenvalue weighted by molar-refractivity contribution is -0.137. The average molecular weight is 540 g/mol. The van der Waals surface area contributed by atoms with E-state index in [1.807, 2.05) is 20.8 Å². The van der Waals surface area contributed by atoms with Crippen molar-refractivity contribution < 1.29 is 37.3 Å². The SMILES string of the molecule is CCOc1ccc(/C(O)=C2/C(=O)C(=O)N(c3cccc(C(F)(F)F)c3)C2c2cccc(OC)c2)cc1C(C)C. The van der Waals surface area contributed by atoms with E-state index in [1.54, 1.807) is 42.5 Å². The van der Waals surface area contributed by atoms with Crippen LogP contribution in [0.5, 0.6) is 11.5 Å². The van der Waals surface area contributed by atoms with Crippen molar-refractivity contribution in [2.45, 2.75) is 38.9 Å². The maximum Gasteiger partial charge on any atom is 0.416 e. The molecule has 39 heavy (non-hydrogen) atoms. The molecule has 3 aromatic rings. The second-order valence-electron chi connectivity index (χ2n) is 9.33. The first-order valence-electron chi connectivity index (χ1n) is 12.4. The summed E-state index contributed by atoms with van der Waals surface area (Å²) in [5, 5.41) is 11.5. The van der Waals surface area contributed by atoms with Crippen LogP contribution in [0, 0.1) is 0 Å². The van der Waals surface area contributed by atoms with Gasteiger partial charge in [-0.1, -0.05) is 32.0 Å². The van der Waals surface area contributed by atoms with Gasteiger partial charge in [-0.2, -0.15) is 13.2 Å². The van der Waals surface area contributed by atoms with Crippen molar-refractivity contribution in [3.63, 3.8) is 0 Å². The van der Waals surface area contributed by atoms with Gasteiger partial charge in [0.05, 0.1) is 30.9 Å². The summed E-state index contributed by atoms with van der Waals surface area (Å²) in [6.07, 6.45) is -4.66. The minimum absolute atomic E-state index is 0.0148. The number of aliphatic hydroxyl groups is 1. The van der Waals surface area contributed by atoms with Crippen molar-refractivity contribution in [3.8, 4) is 11.5 Å². The summed E-state index contributed by atoms with van der Waals surface area (Å²) in [5.41, 5.74) is 0.0860. The first-order chi connectivity index (χ1) is 18.5. The zero-order chi connectivity index (χ0) is 28.5. The lowest BCUT2D eigenvalue weighted by Crippen LogP contribution is -2.29. The van der Waals surface area contributed by atoms with Gasteiger partial charge in [0.2, 0.25) is 0 Å². The van der Waals surface area contributed by atoms with Gasteiger partial charge in [-0.25, -0.2) is 0 Å². The summed E-state index contributed by atoms with van der Waals surface area (Å²) in [4.78, 5) is 27.8. The Morgan fingerprint density at radius 3 is 2.38 bits per heavy atom. The minimum atomic E-state index is -4.66. The molecule has 1 heterocycles. The summed E-state index contributed by atoms with van der Waals surface area (Å²) in [6, 6.07) is 14.4. The zero-order valence-corrected chi connectivity index (χ0v) is 21.9. The molecule has 1 aliphatic heterocycles. The van der Waals surface area contributed by atoms with Gasteiger partial charge in [-0.15, -0.1) is 0 Å². The Bertz CT molecular complexity index is 1440. The number of nitrogens with zero attached hydrogens (tertiary/aromatic N) is 1. The van der Waals surface area contributed by atoms with E-state index in [4.69, 9.17) is 9.47 Å². The molecule has 1 fully saturated rings. The predicted octanol–water partition coefficient (Wildman–Crippen LogP) is 6.86. The number of carbonyl (C=O) groups excluding carboxylic acids is 2. The van der Waals surface area contributed by atoms with Crippen LogP contribution in [-0.2, 0) is 15.8 Å². The number of Topliss-reactive ketones (excluding diaryl/α,β-unsaturated/α-hetero) is 1. The van der Waals surface area contributed by atoms with Crippen LogP contribution in [0.2, 0.25) is 0 Å². The Morgan fingerprint density at radius 2 is 1.74 bits per heavy atom. The number of ether oxygens (including phenoxy) is 2. The van der Waals surface area contributed by atoms with Crippen LogP contribution in [0.4, 0.5) is 18.9 Å². The molecule has 0 radical (unpaired) electrons. The van der Waals surface area contributed by atoms with E-state index in [9.17, 15) is 27.9 Å². The third-order valence-corrected chi connectivity index (χ3v) is 6.51. The van der Waals surface area contributed by atoms with E-state index in [2.05, 4.69) is 0 Å². The number of rotatable bonds is 7. The molecule has 6 nitrogen and oxygen atoms in total. The second kappa shape index (κ2) is 10.8. The highest BCUT2D eigenvalue weighted by molar-refractivity contribution is 6.51. The fourth-order valence-electron chi connectivity index (χ4n) is 4.65. The lowest BCUT2D eigenvalue weighted by atomic mass is 9.93. The van der Waals surface area contributed by atoms with E-state index >= 15 is 0 Å². The van der Waals surface area contributed by atoms with E-state index < -0.39 is 35.2 Å². The van der Waals surface area contributed by atoms with E-state index in [0.717, 1.165) is 22.6 Å². The molecule has 1 unspecified atom stereocenters. The van der Waals surface area contributed by atoms with Gasteiger partial charge in [0, 0.05) is 11.3 Å². The van der Waals surface area contributed by atoms with Gasteiger partial charge in [0.25, 0.3) is 11.7 Å². The zero-order valence-electron chi connectivity index (χ0n) is 21.9. The molecule has 0 aromatic heterocycles. The number of carbonyl (C=O) groups is 2. The van der Waals surface area contributed by atoms with Crippen molar-refractivity contribution in [1.29, 1.82) is 0 Å². The lowest BCUT2D eigenvalue weighted by Gasteiger charge is -2.26. The number of hydrogen-bond acceptors (Lipinski definition) is 5. The standard InChI is InChI=1S/C30H28F3NO5/c1-5-39-24-13-12-19(15-23(24)17(2)3)27(35)25-26(18-8-6-11-22(14-18)38-4)34(29(37)28(25)36)21-10-7-9-20(16-21)30(31,32)33/h6-17,26,35H,5H2,1-4H3/b27-25-. The Balaban J connectivity index is 1.96. The third kappa shape index (κ3) is 5.34. The summed E-state index contributed by atoms with van der Waals surface area (Å²) >= 11 is 0. The second-order valence-corrected chi connectivity index (χ2v) is 9.33. The quantitative estimate of drug-likeness (QED) is 0.202. The topological polar surface area (TPSA) is 76.1 Å². The number of amides is 1. The maximum atomic E-state index is 13.5. The largest absolute Gasteiger partial charge is 0.507 e. The predicted molar refractivity (Wildman–Crippen MR) is 141 cm³/mol. The highest BCUT2D eigenvalue weighted by Crippen LogP contribution is 2.44. The van der Waals surface area contributed by atoms with E-state index in [0.29, 0.717) is 23.7 Å². The molecule has 0 spiro atoms. The van der Waals surface area contributed by atoms with E-state index in [-0.39, 0.29) is 22.7 Å². The smallest absolute Gasteiger partial charge is 0.416 e. The van der Waals surface area contributed by atoms with Crippen molar-refractivity contribution in [3.05, 3.63) is 94.6 Å². The number of halogens is 3. The monoisotopic (exact) mass is 539 g/mol. The van der Waals surface area contributed by atoms with Gasteiger partial charge in [-0.3, -0.25) is 14.5 Å². The summed E-state index contributed by atoms with van der Waals surface area (Å²) in [7, 11) is 1.44. The summed E-state index contributed by atoms with van der Waals surface area (Å²) in [6.45, 7) is 6.18. The molecule has 0 bridgehead atoms. The number of alkyl halides is 3. The highest BCUT2D eigenvalue weighted by atomic mass is 19.4. The first kappa shape index (κ1) is 27.8. The van der Waals surface area contributed by atoms with Crippen LogP contribution in [0.3, 0.4) is 0 Å². The molecule has 0 aliphatic carbocycles. The number of anilines is 1. The van der Waals surface area contributed by atoms with Crippen LogP contribution in [0.1, 0.15) is 55.0 Å². The molecule has 1 saturated heterocycles. The van der Waals surface area contributed by atoms with Crippen LogP contribution in [-0.4, -0.2) is 30.5 Å². The van der Waals surface area contributed by atoms with Crippen LogP contribution >= 0.6 is 0 Å². The van der Waals surface area contributed by atoms with Gasteiger partial charge < -0.3 is 14.6 Å². The molecular weight excluding hydrogens is 511 g/mol. The van der Waals surface area contributed by atoms with Crippen molar-refractivity contribution >= 4 is 23.1 Å². The number of ketones is 1. The van der Waals surface area contributed by atoms with Crippen LogP contribution in [0.15, 0.2) is 72.3 Å². The van der Waals surface area contributed by atoms with Gasteiger partial charge >= 0.3 is 6.18 Å². The first-order valence-corrected chi connectivity index (χ1v) is 12.4. The van der Waals surface area contributed by atoms with Crippen molar-refractivity contribution in [2.75, 3.05) is 18.6 Å². The minimum Gasteiger partial charge on any atom is -0.507 e.